The lowest BCUT2D eigenvalue weighted by Crippen LogP contribution is -2.18. The third-order valence-corrected chi connectivity index (χ3v) is 5.38. The fraction of sp³-hybridized carbons (Fsp3) is 0.231. The Bertz CT molecular complexity index is 1040. The van der Waals surface area contributed by atoms with Gasteiger partial charge in [-0.25, -0.2) is 5.43 Å². The largest absolute Gasteiger partial charge is 0.492 e. The Balaban J connectivity index is 1.41. The summed E-state index contributed by atoms with van der Waals surface area (Å²) in [5.41, 5.74) is 5.70. The summed E-state index contributed by atoms with van der Waals surface area (Å²) in [6.07, 6.45) is 3.50. The zero-order valence-electron chi connectivity index (χ0n) is 18.1. The van der Waals surface area contributed by atoms with Crippen LogP contribution in [0.3, 0.4) is 0 Å². The van der Waals surface area contributed by atoms with Gasteiger partial charge >= 0.3 is 0 Å². The van der Waals surface area contributed by atoms with Crippen LogP contribution in [0.4, 0.5) is 0 Å². The Morgan fingerprint density at radius 3 is 2.53 bits per heavy atom. The molecule has 0 aromatic heterocycles. The standard InChI is InChI=1S/C26H27BrN2O3/c1-2-20-14-15-25(23(27)17-20)31-16-8-13-26(30)29-28-18-22-11-6-7-12-24(22)32-19-21-9-4-3-5-10-21/h3-7,9-12,14-15,17-18H,2,8,13,16,19H2,1H3,(H,29,30)/b28-18+. The van der Waals surface area contributed by atoms with E-state index in [9.17, 15) is 4.79 Å². The van der Waals surface area contributed by atoms with Crippen LogP contribution in [0.5, 0.6) is 11.5 Å². The van der Waals surface area contributed by atoms with Gasteiger partial charge in [0, 0.05) is 12.0 Å². The van der Waals surface area contributed by atoms with Crippen LogP contribution in [-0.4, -0.2) is 18.7 Å². The molecule has 1 N–H and O–H groups in total. The van der Waals surface area contributed by atoms with E-state index in [-0.39, 0.29) is 5.91 Å². The van der Waals surface area contributed by atoms with E-state index < -0.39 is 0 Å². The molecule has 3 aromatic carbocycles. The zero-order chi connectivity index (χ0) is 22.6. The van der Waals surface area contributed by atoms with Crippen LogP contribution in [-0.2, 0) is 17.8 Å². The van der Waals surface area contributed by atoms with Gasteiger partial charge in [0.2, 0.25) is 5.91 Å². The van der Waals surface area contributed by atoms with E-state index in [0.29, 0.717) is 31.8 Å². The number of amides is 1. The maximum absolute atomic E-state index is 12.1. The molecule has 0 saturated heterocycles. The maximum Gasteiger partial charge on any atom is 0.240 e. The lowest BCUT2D eigenvalue weighted by atomic mass is 10.2. The second-order valence-corrected chi connectivity index (χ2v) is 8.03. The van der Waals surface area contributed by atoms with Crippen molar-refractivity contribution >= 4 is 28.1 Å². The van der Waals surface area contributed by atoms with E-state index in [0.717, 1.165) is 27.8 Å². The highest BCUT2D eigenvalue weighted by Gasteiger charge is 2.05. The predicted molar refractivity (Wildman–Crippen MR) is 131 cm³/mol. The van der Waals surface area contributed by atoms with Gasteiger partial charge in [-0.05, 0) is 64.2 Å². The van der Waals surface area contributed by atoms with Crippen molar-refractivity contribution in [1.29, 1.82) is 0 Å². The number of hydrogen-bond acceptors (Lipinski definition) is 4. The van der Waals surface area contributed by atoms with Crippen molar-refractivity contribution in [2.45, 2.75) is 32.8 Å². The molecule has 0 fully saturated rings. The van der Waals surface area contributed by atoms with E-state index in [1.165, 1.54) is 5.56 Å². The summed E-state index contributed by atoms with van der Waals surface area (Å²) < 4.78 is 12.6. The SMILES string of the molecule is CCc1ccc(OCCCC(=O)N/N=C/c2ccccc2OCc2ccccc2)c(Br)c1. The first-order valence-electron chi connectivity index (χ1n) is 10.6. The lowest BCUT2D eigenvalue weighted by Gasteiger charge is -2.09. The van der Waals surface area contributed by atoms with E-state index in [1.807, 2.05) is 66.7 Å². The molecule has 0 aliphatic carbocycles. The number of carbonyl (C=O) groups is 1. The molecule has 6 heteroatoms. The molecule has 0 atom stereocenters. The van der Waals surface area contributed by atoms with Gasteiger partial charge in [0.05, 0.1) is 17.3 Å². The van der Waals surface area contributed by atoms with E-state index in [1.54, 1.807) is 6.21 Å². The van der Waals surface area contributed by atoms with Crippen LogP contribution in [0, 0.1) is 0 Å². The van der Waals surface area contributed by atoms with Crippen LogP contribution in [0.25, 0.3) is 0 Å². The molecule has 0 heterocycles. The lowest BCUT2D eigenvalue weighted by molar-refractivity contribution is -0.121. The fourth-order valence-corrected chi connectivity index (χ4v) is 3.52. The third-order valence-electron chi connectivity index (χ3n) is 4.76. The number of halogens is 1. The highest BCUT2D eigenvalue weighted by molar-refractivity contribution is 9.10. The number of ether oxygens (including phenoxy) is 2. The molecule has 166 valence electrons. The van der Waals surface area contributed by atoms with Gasteiger partial charge in [-0.1, -0.05) is 55.5 Å². The number of rotatable bonds is 11. The Morgan fingerprint density at radius 2 is 1.75 bits per heavy atom. The summed E-state index contributed by atoms with van der Waals surface area (Å²) in [7, 11) is 0. The number of nitrogens with zero attached hydrogens (tertiary/aromatic N) is 1. The molecule has 3 aromatic rings. The van der Waals surface area contributed by atoms with Crippen molar-refractivity contribution < 1.29 is 14.3 Å². The van der Waals surface area contributed by atoms with Crippen molar-refractivity contribution in [2.24, 2.45) is 5.10 Å². The number of para-hydroxylation sites is 1. The monoisotopic (exact) mass is 494 g/mol. The summed E-state index contributed by atoms with van der Waals surface area (Å²) in [6, 6.07) is 23.6. The minimum atomic E-state index is -0.159. The number of hydrazone groups is 1. The Morgan fingerprint density at radius 1 is 0.969 bits per heavy atom. The van der Waals surface area contributed by atoms with Gasteiger partial charge in [0.1, 0.15) is 18.1 Å². The molecular weight excluding hydrogens is 468 g/mol. The van der Waals surface area contributed by atoms with Gasteiger partial charge in [-0.15, -0.1) is 0 Å². The number of nitrogens with one attached hydrogen (secondary N) is 1. The molecule has 1 amide bonds. The minimum absolute atomic E-state index is 0.159. The van der Waals surface area contributed by atoms with Crippen molar-refractivity contribution in [1.82, 2.24) is 5.43 Å². The molecule has 0 aliphatic heterocycles. The van der Waals surface area contributed by atoms with Gasteiger partial charge in [-0.2, -0.15) is 5.10 Å². The highest BCUT2D eigenvalue weighted by Crippen LogP contribution is 2.26. The summed E-state index contributed by atoms with van der Waals surface area (Å²) in [4.78, 5) is 12.1. The predicted octanol–water partition coefficient (Wildman–Crippen LogP) is 5.90. The van der Waals surface area contributed by atoms with E-state index in [4.69, 9.17) is 9.47 Å². The van der Waals surface area contributed by atoms with Crippen molar-refractivity contribution in [3.63, 3.8) is 0 Å². The van der Waals surface area contributed by atoms with Gasteiger partial charge in [0.25, 0.3) is 0 Å². The molecule has 0 radical (unpaired) electrons. The molecule has 32 heavy (non-hydrogen) atoms. The third kappa shape index (κ3) is 7.54. The summed E-state index contributed by atoms with van der Waals surface area (Å²) in [6.45, 7) is 3.03. The zero-order valence-corrected chi connectivity index (χ0v) is 19.7. The molecule has 0 aliphatic rings. The molecular formula is C26H27BrN2O3. The molecule has 0 spiro atoms. The molecule has 3 rings (SSSR count). The smallest absolute Gasteiger partial charge is 0.240 e. The van der Waals surface area contributed by atoms with Crippen LogP contribution in [0.15, 0.2) is 82.4 Å². The van der Waals surface area contributed by atoms with Crippen LogP contribution in [0.1, 0.15) is 36.5 Å². The fourth-order valence-electron chi connectivity index (χ4n) is 2.98. The molecule has 0 unspecified atom stereocenters. The Hall–Kier alpha value is -3.12. The van der Waals surface area contributed by atoms with Crippen LogP contribution in [0.2, 0.25) is 0 Å². The first-order valence-corrected chi connectivity index (χ1v) is 11.4. The van der Waals surface area contributed by atoms with Gasteiger partial charge in [-0.3, -0.25) is 4.79 Å². The first-order chi connectivity index (χ1) is 15.7. The van der Waals surface area contributed by atoms with Gasteiger partial charge < -0.3 is 9.47 Å². The Kier molecular flexibility index (Phi) is 9.32. The molecule has 5 nitrogen and oxygen atoms in total. The normalized spacial score (nSPS) is 10.8. The average Bonchev–Trinajstić information content (AvgIpc) is 2.82. The summed E-state index contributed by atoms with van der Waals surface area (Å²) in [5.74, 6) is 1.34. The second kappa shape index (κ2) is 12.7. The topological polar surface area (TPSA) is 59.9 Å². The van der Waals surface area contributed by atoms with E-state index >= 15 is 0 Å². The van der Waals surface area contributed by atoms with Crippen LogP contribution < -0.4 is 14.9 Å². The number of carbonyl (C=O) groups excluding carboxylic acids is 1. The molecule has 0 saturated carbocycles. The van der Waals surface area contributed by atoms with Crippen LogP contribution >= 0.6 is 15.9 Å². The van der Waals surface area contributed by atoms with E-state index in [2.05, 4.69) is 39.4 Å². The summed E-state index contributed by atoms with van der Waals surface area (Å²) >= 11 is 3.52. The molecule has 0 bridgehead atoms. The Labute approximate surface area is 197 Å². The number of hydrogen-bond donors (Lipinski definition) is 1. The summed E-state index contributed by atoms with van der Waals surface area (Å²) in [5, 5.41) is 4.07. The average molecular weight is 495 g/mol. The number of aryl methyl sites for hydroxylation is 1. The minimum Gasteiger partial charge on any atom is -0.492 e. The first kappa shape index (κ1) is 23.5. The highest BCUT2D eigenvalue weighted by atomic mass is 79.9. The van der Waals surface area contributed by atoms with Crippen molar-refractivity contribution in [3.05, 3.63) is 94.0 Å². The second-order valence-electron chi connectivity index (χ2n) is 7.18. The maximum atomic E-state index is 12.1. The quantitative estimate of drug-likeness (QED) is 0.205. The van der Waals surface area contributed by atoms with Gasteiger partial charge in [0.15, 0.2) is 0 Å². The van der Waals surface area contributed by atoms with Crippen molar-refractivity contribution in [3.8, 4) is 11.5 Å². The van der Waals surface area contributed by atoms with Crippen molar-refractivity contribution in [2.75, 3.05) is 6.61 Å². The number of benzene rings is 3.